The highest BCUT2D eigenvalue weighted by Crippen LogP contribution is 2.38. The first-order valence-electron chi connectivity index (χ1n) is 14.8. The van der Waals surface area contributed by atoms with Crippen LogP contribution in [0.4, 0.5) is 0 Å². The first kappa shape index (κ1) is 31.1. The Morgan fingerprint density at radius 1 is 1.00 bits per heavy atom. The Labute approximate surface area is 262 Å². The van der Waals surface area contributed by atoms with E-state index in [4.69, 9.17) is 14.5 Å². The van der Waals surface area contributed by atoms with E-state index in [2.05, 4.69) is 56.5 Å². The van der Waals surface area contributed by atoms with Gasteiger partial charge in [0.1, 0.15) is 17.5 Å². The van der Waals surface area contributed by atoms with Gasteiger partial charge in [-0.2, -0.15) is 0 Å². The maximum atomic E-state index is 14.4. The predicted molar refractivity (Wildman–Crippen MR) is 176 cm³/mol. The van der Waals surface area contributed by atoms with Gasteiger partial charge in [-0.15, -0.1) is 0 Å². The van der Waals surface area contributed by atoms with E-state index in [0.29, 0.717) is 50.8 Å². The number of thiazole rings is 1. The molecule has 9 heteroatoms. The summed E-state index contributed by atoms with van der Waals surface area (Å²) in [4.78, 5) is 35.5. The van der Waals surface area contributed by atoms with Crippen LogP contribution in [0.2, 0.25) is 0 Å². The lowest BCUT2D eigenvalue weighted by atomic mass is 9.93. The van der Waals surface area contributed by atoms with Crippen LogP contribution in [-0.4, -0.2) is 47.3 Å². The average Bonchev–Trinajstić information content (AvgIpc) is 3.46. The Morgan fingerprint density at radius 2 is 1.68 bits per heavy atom. The van der Waals surface area contributed by atoms with Gasteiger partial charge in [0.05, 0.1) is 35.7 Å². The Bertz CT molecular complexity index is 1950. The van der Waals surface area contributed by atoms with Gasteiger partial charge in [0.2, 0.25) is 0 Å². The van der Waals surface area contributed by atoms with Gasteiger partial charge in [-0.25, -0.2) is 4.99 Å². The molecule has 2 aromatic heterocycles. The van der Waals surface area contributed by atoms with Crippen molar-refractivity contribution in [2.24, 2.45) is 4.99 Å². The largest absolute Gasteiger partial charge is 0.497 e. The minimum atomic E-state index is -0.742. The Hall–Kier alpha value is -4.37. The predicted octanol–water partition coefficient (Wildman–Crippen LogP) is 5.15. The Morgan fingerprint density at radius 3 is 2.30 bits per heavy atom. The minimum absolute atomic E-state index is 0.155. The number of amides is 1. The maximum absolute atomic E-state index is 14.4. The van der Waals surface area contributed by atoms with E-state index < -0.39 is 6.04 Å². The molecule has 5 rings (SSSR count). The van der Waals surface area contributed by atoms with Gasteiger partial charge in [0.25, 0.3) is 11.5 Å². The molecule has 1 aliphatic heterocycles. The first-order valence-corrected chi connectivity index (χ1v) is 15.7. The summed E-state index contributed by atoms with van der Waals surface area (Å²) in [6, 6.07) is 13.1. The molecule has 1 atom stereocenters. The van der Waals surface area contributed by atoms with Crippen molar-refractivity contribution in [1.29, 1.82) is 0 Å². The van der Waals surface area contributed by atoms with Crippen LogP contribution in [0, 0.1) is 27.7 Å². The van der Waals surface area contributed by atoms with Gasteiger partial charge in [-0.1, -0.05) is 29.5 Å². The van der Waals surface area contributed by atoms with Gasteiger partial charge in [-0.05, 0) is 95.5 Å². The van der Waals surface area contributed by atoms with Crippen molar-refractivity contribution in [3.63, 3.8) is 0 Å². The maximum Gasteiger partial charge on any atom is 0.271 e. The number of aryl methyl sites for hydroxylation is 3. The summed E-state index contributed by atoms with van der Waals surface area (Å²) in [6.45, 7) is 15.2. The van der Waals surface area contributed by atoms with Crippen LogP contribution < -0.4 is 24.4 Å². The van der Waals surface area contributed by atoms with Crippen molar-refractivity contribution in [3.05, 3.63) is 107 Å². The SMILES string of the molecule is CCN(CC)C(=O)C1=C(C)N=c2s/c(=C/c3cc(C)n(-c4c(C)cccc4C)c3C)c(=O)n2[C@@H]1c1cc(OC)ccc1OC. The van der Waals surface area contributed by atoms with Gasteiger partial charge in [0, 0.05) is 30.0 Å². The van der Waals surface area contributed by atoms with Crippen LogP contribution in [0.25, 0.3) is 11.8 Å². The number of hydrogen-bond acceptors (Lipinski definition) is 6. The van der Waals surface area contributed by atoms with E-state index in [-0.39, 0.29) is 11.5 Å². The summed E-state index contributed by atoms with van der Waals surface area (Å²) in [7, 11) is 3.18. The molecule has 1 aliphatic rings. The quantitative estimate of drug-likeness (QED) is 0.276. The number of ether oxygens (including phenoxy) is 2. The number of methoxy groups -OCH3 is 2. The normalized spacial score (nSPS) is 14.8. The third-order valence-corrected chi connectivity index (χ3v) is 9.44. The second kappa shape index (κ2) is 12.3. The van der Waals surface area contributed by atoms with Gasteiger partial charge in [0.15, 0.2) is 4.80 Å². The van der Waals surface area contributed by atoms with Crippen LogP contribution in [0.1, 0.15) is 60.5 Å². The highest BCUT2D eigenvalue weighted by atomic mass is 32.1. The number of fused-ring (bicyclic) bond motifs is 1. The molecule has 0 N–H and O–H groups in total. The van der Waals surface area contributed by atoms with E-state index in [1.165, 1.54) is 22.5 Å². The molecular formula is C35H40N4O4S. The number of carbonyl (C=O) groups excluding carboxylic acids is 1. The van der Waals surface area contributed by atoms with Gasteiger partial charge in [-0.3, -0.25) is 14.2 Å². The van der Waals surface area contributed by atoms with Crippen molar-refractivity contribution < 1.29 is 14.3 Å². The molecular weight excluding hydrogens is 572 g/mol. The molecule has 3 heterocycles. The second-order valence-electron chi connectivity index (χ2n) is 11.1. The molecule has 0 saturated carbocycles. The van der Waals surface area contributed by atoms with E-state index in [0.717, 1.165) is 22.6 Å². The number of carbonyl (C=O) groups is 1. The van der Waals surface area contributed by atoms with Crippen LogP contribution in [-0.2, 0) is 4.79 Å². The number of nitrogens with zero attached hydrogens (tertiary/aromatic N) is 4. The van der Waals surface area contributed by atoms with E-state index in [1.807, 2.05) is 32.9 Å². The molecule has 0 aliphatic carbocycles. The van der Waals surface area contributed by atoms with Crippen LogP contribution in [0.15, 0.2) is 63.5 Å². The fraction of sp³-hybridized carbons (Fsp3) is 0.343. The monoisotopic (exact) mass is 612 g/mol. The van der Waals surface area contributed by atoms with E-state index in [1.54, 1.807) is 35.8 Å². The number of hydrogen-bond donors (Lipinski definition) is 0. The van der Waals surface area contributed by atoms with E-state index in [9.17, 15) is 9.59 Å². The number of likely N-dealkylation sites (N-methyl/N-ethyl adjacent to an activating group) is 1. The summed E-state index contributed by atoms with van der Waals surface area (Å²) in [5.74, 6) is 1.01. The van der Waals surface area contributed by atoms with Gasteiger partial charge >= 0.3 is 0 Å². The molecule has 8 nitrogen and oxygen atoms in total. The Balaban J connectivity index is 1.76. The fourth-order valence-electron chi connectivity index (χ4n) is 6.20. The van der Waals surface area contributed by atoms with Crippen molar-refractivity contribution >= 4 is 23.3 Å². The summed E-state index contributed by atoms with van der Waals surface area (Å²) in [6.07, 6.45) is 1.95. The number of benzene rings is 2. The molecule has 0 saturated heterocycles. The number of allylic oxidation sites excluding steroid dienone is 1. The summed E-state index contributed by atoms with van der Waals surface area (Å²) < 4.78 is 15.8. The zero-order chi connectivity index (χ0) is 31.9. The lowest BCUT2D eigenvalue weighted by Crippen LogP contribution is -2.43. The molecule has 1 amide bonds. The summed E-state index contributed by atoms with van der Waals surface area (Å²) in [5, 5.41) is 0. The highest BCUT2D eigenvalue weighted by Gasteiger charge is 2.36. The van der Waals surface area contributed by atoms with Crippen LogP contribution in [0.5, 0.6) is 11.5 Å². The van der Waals surface area contributed by atoms with Crippen LogP contribution >= 0.6 is 11.3 Å². The molecule has 44 heavy (non-hydrogen) atoms. The van der Waals surface area contributed by atoms with Crippen molar-refractivity contribution in [1.82, 2.24) is 14.0 Å². The third-order valence-electron chi connectivity index (χ3n) is 8.45. The number of para-hydroxylation sites is 1. The second-order valence-corrected chi connectivity index (χ2v) is 12.1. The van der Waals surface area contributed by atoms with E-state index >= 15 is 0 Å². The number of rotatable bonds is 8. The molecule has 230 valence electrons. The summed E-state index contributed by atoms with van der Waals surface area (Å²) in [5.41, 5.74) is 8.11. The zero-order valence-electron chi connectivity index (χ0n) is 26.9. The first-order chi connectivity index (χ1) is 21.1. The zero-order valence-corrected chi connectivity index (χ0v) is 27.8. The molecule has 0 fully saturated rings. The lowest BCUT2D eigenvalue weighted by Gasteiger charge is -2.30. The van der Waals surface area contributed by atoms with Crippen molar-refractivity contribution in [2.45, 2.75) is 54.5 Å². The Kier molecular flexibility index (Phi) is 8.70. The summed E-state index contributed by atoms with van der Waals surface area (Å²) >= 11 is 1.33. The minimum Gasteiger partial charge on any atom is -0.497 e. The van der Waals surface area contributed by atoms with Crippen LogP contribution in [0.3, 0.4) is 0 Å². The highest BCUT2D eigenvalue weighted by molar-refractivity contribution is 7.07. The molecule has 2 aromatic carbocycles. The molecule has 0 spiro atoms. The average molecular weight is 613 g/mol. The smallest absolute Gasteiger partial charge is 0.271 e. The van der Waals surface area contributed by atoms with Gasteiger partial charge < -0.3 is 18.9 Å². The topological polar surface area (TPSA) is 78.1 Å². The molecule has 0 radical (unpaired) electrons. The standard InChI is InChI=1S/C35H40N4O4S/c1-10-37(11-2)34(41)30-23(6)36-35-39(32(30)27-19-26(42-8)15-16-28(27)43-9)33(40)29(44-35)18-25-17-22(5)38(24(25)7)31-20(3)13-12-14-21(31)4/h12-19,32H,10-11H2,1-9H3/b29-18+/t32-/m1/s1. The third kappa shape index (κ3) is 5.19. The molecule has 4 aromatic rings. The number of aromatic nitrogens is 2. The lowest BCUT2D eigenvalue weighted by molar-refractivity contribution is -0.127. The van der Waals surface area contributed by atoms with Crippen molar-refractivity contribution in [3.8, 4) is 17.2 Å². The molecule has 0 unspecified atom stereocenters. The fourth-order valence-corrected chi connectivity index (χ4v) is 7.24. The van der Waals surface area contributed by atoms with Crippen molar-refractivity contribution in [2.75, 3.05) is 27.3 Å². The molecule has 0 bridgehead atoms.